The number of ether oxygens (including phenoxy) is 2. The number of hydrogen-bond acceptors (Lipinski definition) is 5. The number of hydrogen-bond donors (Lipinski definition) is 2. The molecule has 0 radical (unpaired) electrons. The summed E-state index contributed by atoms with van der Waals surface area (Å²) in [4.78, 5) is 4.18. The molecule has 0 amide bonds. The second-order valence-corrected chi connectivity index (χ2v) is 8.04. The second-order valence-electron chi connectivity index (χ2n) is 8.04. The zero-order chi connectivity index (χ0) is 21.1. The van der Waals surface area contributed by atoms with Crippen LogP contribution in [0, 0.1) is 6.92 Å². The van der Waals surface area contributed by atoms with Gasteiger partial charge in [-0.15, -0.1) is 0 Å². The van der Waals surface area contributed by atoms with E-state index >= 15 is 0 Å². The Morgan fingerprint density at radius 1 is 1.17 bits per heavy atom. The van der Waals surface area contributed by atoms with Crippen molar-refractivity contribution in [1.29, 1.82) is 0 Å². The summed E-state index contributed by atoms with van der Waals surface area (Å²) in [5.74, 6) is 1.33. The van der Waals surface area contributed by atoms with Crippen LogP contribution in [0.3, 0.4) is 0 Å². The van der Waals surface area contributed by atoms with Crippen LogP contribution in [-0.4, -0.2) is 38.6 Å². The molecule has 0 saturated carbocycles. The highest BCUT2D eigenvalue weighted by Gasteiger charge is 2.29. The van der Waals surface area contributed by atoms with E-state index in [0.717, 1.165) is 17.7 Å². The molecule has 2 heterocycles. The molecule has 1 unspecified atom stereocenters. The van der Waals surface area contributed by atoms with Crippen molar-refractivity contribution in [1.82, 2.24) is 9.55 Å². The number of aromatic nitrogens is 2. The van der Waals surface area contributed by atoms with Crippen LogP contribution in [-0.2, 0) is 18.2 Å². The Hall–Kier alpha value is -2.67. The highest BCUT2D eigenvalue weighted by molar-refractivity contribution is 5.38. The maximum absolute atomic E-state index is 10.1. The fourth-order valence-electron chi connectivity index (χ4n) is 3.86. The van der Waals surface area contributed by atoms with E-state index < -0.39 is 6.10 Å². The lowest BCUT2D eigenvalue weighted by Gasteiger charge is -2.32. The standard InChI is InChI=1S/C24H28N2O4/c1-16-3-6-18(23-12-20(28)11-22(14-27)29-23)10-19(16)9-17-4-7-21(8-5-17)30-24-13-26(2)15-25-24/h3-8,10,13,15,20,22-23,27-28H,9,11-12,14H2,1-2H3/t20?,22-,23+/m0/s1. The number of aliphatic hydroxyl groups excluding tert-OH is 2. The molecule has 3 atom stereocenters. The molecule has 4 rings (SSSR count). The van der Waals surface area contributed by atoms with Gasteiger partial charge in [0.15, 0.2) is 0 Å². The normalized spacial score (nSPS) is 21.5. The first kappa shape index (κ1) is 20.6. The molecule has 30 heavy (non-hydrogen) atoms. The molecule has 0 spiro atoms. The lowest BCUT2D eigenvalue weighted by Crippen LogP contribution is -2.33. The third-order valence-electron chi connectivity index (χ3n) is 5.55. The van der Waals surface area contributed by atoms with Crippen molar-refractivity contribution >= 4 is 0 Å². The summed E-state index contributed by atoms with van der Waals surface area (Å²) < 4.78 is 13.6. The van der Waals surface area contributed by atoms with Crippen LogP contribution in [0.25, 0.3) is 0 Å². The maximum atomic E-state index is 10.1. The molecule has 0 aliphatic carbocycles. The van der Waals surface area contributed by atoms with E-state index in [1.807, 2.05) is 29.9 Å². The largest absolute Gasteiger partial charge is 0.438 e. The average Bonchev–Trinajstić information content (AvgIpc) is 3.15. The first-order valence-corrected chi connectivity index (χ1v) is 10.3. The van der Waals surface area contributed by atoms with Crippen LogP contribution < -0.4 is 4.74 Å². The van der Waals surface area contributed by atoms with Crippen LogP contribution >= 0.6 is 0 Å². The Morgan fingerprint density at radius 2 is 1.97 bits per heavy atom. The monoisotopic (exact) mass is 408 g/mol. The average molecular weight is 408 g/mol. The molecular formula is C24H28N2O4. The van der Waals surface area contributed by atoms with E-state index in [4.69, 9.17) is 9.47 Å². The van der Waals surface area contributed by atoms with Gasteiger partial charge in [-0.2, -0.15) is 0 Å². The van der Waals surface area contributed by atoms with Gasteiger partial charge < -0.3 is 24.3 Å². The van der Waals surface area contributed by atoms with Gasteiger partial charge in [0.25, 0.3) is 0 Å². The number of nitrogens with zero attached hydrogens (tertiary/aromatic N) is 2. The quantitative estimate of drug-likeness (QED) is 0.651. The number of imidazole rings is 1. The lowest BCUT2D eigenvalue weighted by molar-refractivity contribution is -0.113. The van der Waals surface area contributed by atoms with E-state index in [1.165, 1.54) is 16.7 Å². The molecule has 6 heteroatoms. The van der Waals surface area contributed by atoms with Crippen LogP contribution in [0.2, 0.25) is 0 Å². The number of benzene rings is 2. The third-order valence-corrected chi connectivity index (χ3v) is 5.55. The van der Waals surface area contributed by atoms with Gasteiger partial charge in [0.05, 0.1) is 37.4 Å². The molecular weight excluding hydrogens is 380 g/mol. The van der Waals surface area contributed by atoms with Crippen LogP contribution in [0.4, 0.5) is 0 Å². The van der Waals surface area contributed by atoms with E-state index in [1.54, 1.807) is 6.33 Å². The van der Waals surface area contributed by atoms with Crippen molar-refractivity contribution in [3.05, 3.63) is 77.2 Å². The molecule has 2 N–H and O–H groups in total. The van der Waals surface area contributed by atoms with E-state index in [-0.39, 0.29) is 18.8 Å². The predicted molar refractivity (Wildman–Crippen MR) is 114 cm³/mol. The van der Waals surface area contributed by atoms with Gasteiger partial charge in [0.2, 0.25) is 5.88 Å². The predicted octanol–water partition coefficient (Wildman–Crippen LogP) is 3.68. The van der Waals surface area contributed by atoms with Gasteiger partial charge in [-0.1, -0.05) is 30.3 Å². The number of rotatable bonds is 6. The Labute approximate surface area is 176 Å². The van der Waals surface area contributed by atoms with Crippen LogP contribution in [0.15, 0.2) is 55.0 Å². The summed E-state index contributed by atoms with van der Waals surface area (Å²) in [7, 11) is 1.91. The molecule has 1 aliphatic heterocycles. The third kappa shape index (κ3) is 4.90. The summed E-state index contributed by atoms with van der Waals surface area (Å²) in [6.07, 6.45) is 4.41. The SMILES string of the molecule is Cc1ccc([C@H]2CC(O)C[C@@H](CO)O2)cc1Cc1ccc(Oc2cn(C)cn2)cc1. The zero-order valence-corrected chi connectivity index (χ0v) is 17.4. The molecule has 1 aliphatic rings. The summed E-state index contributed by atoms with van der Waals surface area (Å²) in [6, 6.07) is 14.3. The van der Waals surface area contributed by atoms with Crippen molar-refractivity contribution in [3.8, 4) is 11.6 Å². The molecule has 1 saturated heterocycles. The highest BCUT2D eigenvalue weighted by Crippen LogP contribution is 2.33. The Balaban J connectivity index is 1.47. The first-order chi connectivity index (χ1) is 14.5. The smallest absolute Gasteiger partial charge is 0.237 e. The molecule has 158 valence electrons. The second kappa shape index (κ2) is 9.00. The van der Waals surface area contributed by atoms with Crippen molar-refractivity contribution in [2.24, 2.45) is 7.05 Å². The summed E-state index contributed by atoms with van der Waals surface area (Å²) in [6.45, 7) is 2.03. The summed E-state index contributed by atoms with van der Waals surface area (Å²) >= 11 is 0. The minimum absolute atomic E-state index is 0.0702. The maximum Gasteiger partial charge on any atom is 0.237 e. The fraction of sp³-hybridized carbons (Fsp3) is 0.375. The van der Waals surface area contributed by atoms with Crippen LogP contribution in [0.5, 0.6) is 11.6 Å². The van der Waals surface area contributed by atoms with E-state index in [0.29, 0.717) is 18.7 Å². The fourth-order valence-corrected chi connectivity index (χ4v) is 3.86. The highest BCUT2D eigenvalue weighted by atomic mass is 16.5. The van der Waals surface area contributed by atoms with Gasteiger partial charge in [-0.05, 0) is 47.7 Å². The number of aliphatic hydroxyl groups is 2. The Kier molecular flexibility index (Phi) is 6.18. The van der Waals surface area contributed by atoms with Crippen LogP contribution in [0.1, 0.15) is 41.2 Å². The Bertz CT molecular complexity index is 983. The van der Waals surface area contributed by atoms with Crippen molar-refractivity contribution in [3.63, 3.8) is 0 Å². The van der Waals surface area contributed by atoms with Gasteiger partial charge in [-0.3, -0.25) is 0 Å². The van der Waals surface area contributed by atoms with Gasteiger partial charge in [0, 0.05) is 19.9 Å². The van der Waals surface area contributed by atoms with Crippen molar-refractivity contribution in [2.75, 3.05) is 6.61 Å². The summed E-state index contributed by atoms with van der Waals surface area (Å²) in [5.41, 5.74) is 4.65. The lowest BCUT2D eigenvalue weighted by atomic mass is 9.92. The van der Waals surface area contributed by atoms with Crippen molar-refractivity contribution < 1.29 is 19.7 Å². The molecule has 2 aromatic carbocycles. The zero-order valence-electron chi connectivity index (χ0n) is 17.4. The molecule has 6 nitrogen and oxygen atoms in total. The first-order valence-electron chi connectivity index (χ1n) is 10.3. The minimum atomic E-state index is -0.447. The van der Waals surface area contributed by atoms with Gasteiger partial charge >= 0.3 is 0 Å². The molecule has 1 aromatic heterocycles. The van der Waals surface area contributed by atoms with E-state index in [2.05, 4.69) is 42.2 Å². The molecule has 0 bridgehead atoms. The Morgan fingerprint density at radius 3 is 2.67 bits per heavy atom. The van der Waals surface area contributed by atoms with E-state index in [9.17, 15) is 10.2 Å². The van der Waals surface area contributed by atoms with Gasteiger partial charge in [0.1, 0.15) is 5.75 Å². The number of aryl methyl sites for hydroxylation is 2. The minimum Gasteiger partial charge on any atom is -0.438 e. The summed E-state index contributed by atoms with van der Waals surface area (Å²) in [5, 5.41) is 19.6. The molecule has 3 aromatic rings. The topological polar surface area (TPSA) is 76.7 Å². The van der Waals surface area contributed by atoms with Gasteiger partial charge in [-0.25, -0.2) is 4.98 Å². The molecule has 1 fully saturated rings. The van der Waals surface area contributed by atoms with Crippen molar-refractivity contribution in [2.45, 2.75) is 44.5 Å².